The van der Waals surface area contributed by atoms with Gasteiger partial charge >= 0.3 is 30.5 Å². The SMILES string of the molecule is O=C(O)C(F)(F)F.O=C(O)C(F)(F)F.Oc1cc(C(F)(F)F)ccc1-c1nnc(NC2CCCNC2)n2nccc12. The largest absolute Gasteiger partial charge is 0.507 e. The van der Waals surface area contributed by atoms with E-state index in [0.717, 1.165) is 32.0 Å². The number of aromatic hydroxyl groups is 1. The smallest absolute Gasteiger partial charge is 0.490 e. The van der Waals surface area contributed by atoms with Crippen molar-refractivity contribution in [3.63, 3.8) is 0 Å². The van der Waals surface area contributed by atoms with Crippen molar-refractivity contribution in [1.29, 1.82) is 0 Å². The second-order valence-electron chi connectivity index (χ2n) is 8.02. The number of halogens is 9. The summed E-state index contributed by atoms with van der Waals surface area (Å²) in [5, 5.41) is 43.4. The predicted octanol–water partition coefficient (Wildman–Crippen LogP) is 3.95. The number of aliphatic carboxylic acids is 2. The lowest BCUT2D eigenvalue weighted by Crippen LogP contribution is -2.39. The summed E-state index contributed by atoms with van der Waals surface area (Å²) in [6, 6.07) is 4.64. The minimum absolute atomic E-state index is 0.159. The summed E-state index contributed by atoms with van der Waals surface area (Å²) in [6.45, 7) is 1.78. The third-order valence-electron chi connectivity index (χ3n) is 5.03. The molecule has 3 heterocycles. The van der Waals surface area contributed by atoms with E-state index in [4.69, 9.17) is 19.8 Å². The number of fused-ring (bicyclic) bond motifs is 1. The lowest BCUT2D eigenvalue weighted by molar-refractivity contribution is -0.193. The molecule has 1 atom stereocenters. The molecule has 0 saturated carbocycles. The molecule has 226 valence electrons. The molecule has 11 nitrogen and oxygen atoms in total. The van der Waals surface area contributed by atoms with Gasteiger partial charge in [-0.2, -0.15) is 49.1 Å². The Hall–Kier alpha value is -4.36. The number of piperidine rings is 1. The highest BCUT2D eigenvalue weighted by atomic mass is 19.4. The summed E-state index contributed by atoms with van der Waals surface area (Å²) in [7, 11) is 0. The Bertz CT molecular complexity index is 1330. The zero-order valence-corrected chi connectivity index (χ0v) is 20.1. The highest BCUT2D eigenvalue weighted by Crippen LogP contribution is 2.37. The first-order valence-electron chi connectivity index (χ1n) is 11.0. The highest BCUT2D eigenvalue weighted by Gasteiger charge is 2.39. The number of phenols is 1. The third kappa shape index (κ3) is 9.36. The van der Waals surface area contributed by atoms with E-state index in [1.54, 1.807) is 12.3 Å². The standard InChI is InChI=1S/C17H17F3N6O.2C2HF3O2/c18-17(19,20)10-3-4-12(14(27)8-10)15-13-5-7-22-26(13)16(25-24-15)23-11-2-1-6-21-9-11;2*3-2(4,5)1(6)7/h3-5,7-8,11,21,27H,1-2,6,9H2,(H,23,25);2*(H,6,7). The van der Waals surface area contributed by atoms with Gasteiger partial charge in [0, 0.05) is 18.2 Å². The van der Waals surface area contributed by atoms with Crippen LogP contribution >= 0.6 is 0 Å². The molecule has 2 aromatic heterocycles. The summed E-state index contributed by atoms with van der Waals surface area (Å²) >= 11 is 0. The topological polar surface area (TPSA) is 162 Å². The molecule has 1 saturated heterocycles. The summed E-state index contributed by atoms with van der Waals surface area (Å²) < 4.78 is 103. The van der Waals surface area contributed by atoms with Crippen LogP contribution in [0.15, 0.2) is 30.5 Å². The Morgan fingerprint density at radius 2 is 1.54 bits per heavy atom. The molecule has 3 aromatic rings. The minimum atomic E-state index is -5.08. The first-order valence-corrected chi connectivity index (χ1v) is 11.0. The molecule has 1 unspecified atom stereocenters. The van der Waals surface area contributed by atoms with Crippen molar-refractivity contribution in [2.45, 2.75) is 37.4 Å². The molecule has 1 aliphatic heterocycles. The van der Waals surface area contributed by atoms with Gasteiger partial charge < -0.3 is 26.0 Å². The number of rotatable bonds is 3. The van der Waals surface area contributed by atoms with Gasteiger partial charge in [0.15, 0.2) is 0 Å². The van der Waals surface area contributed by atoms with Crippen LogP contribution in [-0.4, -0.2) is 78.6 Å². The number of phenolic OH excluding ortho intramolecular Hbond substituents is 1. The van der Waals surface area contributed by atoms with Crippen molar-refractivity contribution in [2.24, 2.45) is 0 Å². The lowest BCUT2D eigenvalue weighted by atomic mass is 10.1. The van der Waals surface area contributed by atoms with Crippen LogP contribution in [0.4, 0.5) is 45.5 Å². The van der Waals surface area contributed by atoms with Crippen molar-refractivity contribution >= 4 is 23.4 Å². The van der Waals surface area contributed by atoms with E-state index in [1.807, 2.05) is 0 Å². The number of benzene rings is 1. The summed E-state index contributed by atoms with van der Waals surface area (Å²) in [4.78, 5) is 17.8. The summed E-state index contributed by atoms with van der Waals surface area (Å²) in [6.07, 6.45) is -11.1. The number of carboxylic acids is 2. The number of nitrogens with one attached hydrogen (secondary N) is 2. The highest BCUT2D eigenvalue weighted by molar-refractivity contribution is 5.81. The van der Waals surface area contributed by atoms with Gasteiger partial charge in [-0.05, 0) is 43.7 Å². The van der Waals surface area contributed by atoms with E-state index >= 15 is 0 Å². The van der Waals surface area contributed by atoms with Gasteiger partial charge in [-0.25, -0.2) is 9.59 Å². The average molecular weight is 606 g/mol. The van der Waals surface area contributed by atoms with Crippen LogP contribution in [0.3, 0.4) is 0 Å². The summed E-state index contributed by atoms with van der Waals surface area (Å²) in [5.41, 5.74) is 0.0218. The van der Waals surface area contributed by atoms with Gasteiger partial charge in [0.1, 0.15) is 11.4 Å². The molecule has 1 fully saturated rings. The second-order valence-corrected chi connectivity index (χ2v) is 8.02. The first kappa shape index (κ1) is 32.8. The van der Waals surface area contributed by atoms with Crippen LogP contribution in [0.2, 0.25) is 0 Å². The number of hydrogen-bond donors (Lipinski definition) is 5. The fourth-order valence-corrected chi connectivity index (χ4v) is 3.19. The maximum Gasteiger partial charge on any atom is 0.490 e. The predicted molar refractivity (Wildman–Crippen MR) is 120 cm³/mol. The van der Waals surface area contributed by atoms with Gasteiger partial charge in [0.25, 0.3) is 0 Å². The van der Waals surface area contributed by atoms with Gasteiger partial charge in [-0.1, -0.05) is 0 Å². The van der Waals surface area contributed by atoms with Crippen molar-refractivity contribution in [1.82, 2.24) is 25.1 Å². The van der Waals surface area contributed by atoms with Crippen molar-refractivity contribution in [3.05, 3.63) is 36.0 Å². The van der Waals surface area contributed by atoms with Crippen LogP contribution in [0, 0.1) is 0 Å². The van der Waals surface area contributed by atoms with Gasteiger partial charge in [-0.15, -0.1) is 10.2 Å². The van der Waals surface area contributed by atoms with E-state index in [2.05, 4.69) is 25.9 Å². The Balaban J connectivity index is 0.000000349. The number of hydrogen-bond acceptors (Lipinski definition) is 8. The van der Waals surface area contributed by atoms with Crippen LogP contribution in [0.25, 0.3) is 16.8 Å². The Morgan fingerprint density at radius 3 is 2.00 bits per heavy atom. The van der Waals surface area contributed by atoms with Gasteiger partial charge in [-0.3, -0.25) is 0 Å². The Labute approximate surface area is 222 Å². The Kier molecular flexibility index (Phi) is 10.3. The zero-order valence-electron chi connectivity index (χ0n) is 20.1. The number of carbonyl (C=O) groups is 2. The van der Waals surface area contributed by atoms with Crippen molar-refractivity contribution in [3.8, 4) is 17.0 Å². The molecule has 41 heavy (non-hydrogen) atoms. The second kappa shape index (κ2) is 12.9. The average Bonchev–Trinajstić information content (AvgIpc) is 3.35. The van der Waals surface area contributed by atoms with Gasteiger partial charge in [0.05, 0.1) is 17.3 Å². The van der Waals surface area contributed by atoms with Crippen LogP contribution in [0.5, 0.6) is 5.75 Å². The first-order chi connectivity index (χ1) is 18.8. The third-order valence-corrected chi connectivity index (χ3v) is 5.03. The zero-order chi connectivity index (χ0) is 31.2. The Morgan fingerprint density at radius 1 is 0.951 bits per heavy atom. The number of nitrogens with zero attached hydrogens (tertiary/aromatic N) is 4. The molecule has 0 spiro atoms. The summed E-state index contributed by atoms with van der Waals surface area (Å²) in [5.74, 6) is -5.58. The maximum atomic E-state index is 12.8. The molecule has 0 radical (unpaired) electrons. The maximum absolute atomic E-state index is 12.8. The molecular weight excluding hydrogens is 587 g/mol. The van der Waals surface area contributed by atoms with Crippen molar-refractivity contribution in [2.75, 3.05) is 18.4 Å². The quantitative estimate of drug-likeness (QED) is 0.276. The van der Waals surface area contributed by atoms with Crippen LogP contribution in [0.1, 0.15) is 18.4 Å². The molecule has 4 rings (SSSR count). The van der Waals surface area contributed by atoms with E-state index in [9.17, 15) is 44.6 Å². The monoisotopic (exact) mass is 606 g/mol. The van der Waals surface area contributed by atoms with E-state index in [-0.39, 0.29) is 17.3 Å². The molecule has 1 aliphatic rings. The molecule has 5 N–H and O–H groups in total. The molecule has 0 bridgehead atoms. The van der Waals surface area contributed by atoms with E-state index in [0.29, 0.717) is 17.5 Å². The molecule has 0 amide bonds. The number of alkyl halides is 9. The number of carboxylic acid groups (broad SMARTS) is 2. The fourth-order valence-electron chi connectivity index (χ4n) is 3.19. The van der Waals surface area contributed by atoms with E-state index in [1.165, 1.54) is 10.6 Å². The van der Waals surface area contributed by atoms with Crippen LogP contribution in [-0.2, 0) is 15.8 Å². The lowest BCUT2D eigenvalue weighted by Gasteiger charge is -2.24. The van der Waals surface area contributed by atoms with Crippen molar-refractivity contribution < 1.29 is 64.4 Å². The molecule has 0 aliphatic carbocycles. The molecule has 1 aromatic carbocycles. The fraction of sp³-hybridized carbons (Fsp3) is 0.381. The van der Waals surface area contributed by atoms with Crippen LogP contribution < -0.4 is 10.6 Å². The minimum Gasteiger partial charge on any atom is -0.507 e. The number of anilines is 1. The van der Waals surface area contributed by atoms with E-state index < -0.39 is 41.8 Å². The number of aromatic nitrogens is 4. The normalized spacial score (nSPS) is 15.7. The molecular formula is C21H19F9N6O5. The molecule has 20 heteroatoms. The van der Waals surface area contributed by atoms with Gasteiger partial charge in [0.2, 0.25) is 5.95 Å².